The largest absolute Gasteiger partial charge is 0.373 e. The van der Waals surface area contributed by atoms with Crippen molar-refractivity contribution in [3.8, 4) is 0 Å². The number of ether oxygens (including phenoxy) is 1. The average Bonchev–Trinajstić information content (AvgIpc) is 3.39. The lowest BCUT2D eigenvalue weighted by Gasteiger charge is -2.36. The highest BCUT2D eigenvalue weighted by Crippen LogP contribution is 2.25. The molecule has 0 aromatic heterocycles. The van der Waals surface area contributed by atoms with Crippen LogP contribution in [0, 0.1) is 5.92 Å². The fraction of sp³-hybridized carbons (Fsp3) is 0.696. The summed E-state index contributed by atoms with van der Waals surface area (Å²) in [6.45, 7) is 14.6. The molecule has 3 unspecified atom stereocenters. The Balaban J connectivity index is 1.39. The molecule has 160 valence electrons. The molecule has 0 spiro atoms. The lowest BCUT2D eigenvalue weighted by molar-refractivity contribution is -0.0502. The number of likely N-dealkylation sites (tertiary alicyclic amines) is 2. The van der Waals surface area contributed by atoms with Crippen molar-refractivity contribution in [2.45, 2.75) is 39.0 Å². The minimum absolute atomic E-state index is 0.276. The number of hydrogen-bond donors (Lipinski definition) is 1. The Morgan fingerprint density at radius 2 is 2.00 bits per heavy atom. The highest BCUT2D eigenvalue weighted by atomic mass is 16.5. The van der Waals surface area contributed by atoms with Gasteiger partial charge in [-0.3, -0.25) is 9.89 Å². The Hall–Kier alpha value is -1.63. The van der Waals surface area contributed by atoms with Crippen LogP contribution in [0.5, 0.6) is 0 Å². The summed E-state index contributed by atoms with van der Waals surface area (Å²) in [6, 6.07) is 11.2. The molecule has 0 saturated carbocycles. The van der Waals surface area contributed by atoms with Crippen LogP contribution in [0.4, 0.5) is 0 Å². The van der Waals surface area contributed by atoms with E-state index in [0.717, 1.165) is 58.4 Å². The molecule has 0 bridgehead atoms. The Morgan fingerprint density at radius 3 is 2.76 bits per heavy atom. The minimum Gasteiger partial charge on any atom is -0.373 e. The van der Waals surface area contributed by atoms with Crippen molar-refractivity contribution in [3.63, 3.8) is 0 Å². The predicted molar refractivity (Wildman–Crippen MR) is 118 cm³/mol. The van der Waals surface area contributed by atoms with Gasteiger partial charge in [0.15, 0.2) is 5.96 Å². The van der Waals surface area contributed by atoms with Gasteiger partial charge in [0.05, 0.1) is 18.8 Å². The van der Waals surface area contributed by atoms with Gasteiger partial charge in [0, 0.05) is 45.8 Å². The molecule has 1 aromatic rings. The quantitative estimate of drug-likeness (QED) is 0.584. The summed E-state index contributed by atoms with van der Waals surface area (Å²) in [5.41, 5.74) is 1.38. The number of aliphatic imine (C=N–C) groups is 1. The van der Waals surface area contributed by atoms with E-state index in [1.54, 1.807) is 0 Å². The maximum atomic E-state index is 6.16. The Kier molecular flexibility index (Phi) is 7.06. The van der Waals surface area contributed by atoms with Gasteiger partial charge in [-0.15, -0.1) is 0 Å². The van der Waals surface area contributed by atoms with E-state index < -0.39 is 0 Å². The van der Waals surface area contributed by atoms with Crippen LogP contribution in [-0.4, -0.2) is 91.8 Å². The molecule has 1 N–H and O–H groups in total. The van der Waals surface area contributed by atoms with Crippen molar-refractivity contribution < 1.29 is 4.74 Å². The SMILES string of the molecule is CCNC(=NCC1CCN(CC)C1)N1CC2OCCN(Cc3ccccc3)C2C1. The Morgan fingerprint density at radius 1 is 1.14 bits per heavy atom. The van der Waals surface area contributed by atoms with Gasteiger partial charge in [0.1, 0.15) is 0 Å². The molecule has 29 heavy (non-hydrogen) atoms. The van der Waals surface area contributed by atoms with Gasteiger partial charge in [-0.25, -0.2) is 0 Å². The molecule has 3 heterocycles. The van der Waals surface area contributed by atoms with Crippen LogP contribution in [0.3, 0.4) is 0 Å². The zero-order chi connectivity index (χ0) is 20.1. The van der Waals surface area contributed by atoms with Gasteiger partial charge in [-0.1, -0.05) is 37.3 Å². The van der Waals surface area contributed by atoms with Crippen molar-refractivity contribution in [2.24, 2.45) is 10.9 Å². The number of nitrogens with one attached hydrogen (secondary N) is 1. The molecule has 6 nitrogen and oxygen atoms in total. The van der Waals surface area contributed by atoms with E-state index in [2.05, 4.69) is 64.2 Å². The van der Waals surface area contributed by atoms with Crippen molar-refractivity contribution >= 4 is 5.96 Å². The molecular weight excluding hydrogens is 362 g/mol. The molecule has 3 fully saturated rings. The topological polar surface area (TPSA) is 43.3 Å². The monoisotopic (exact) mass is 399 g/mol. The van der Waals surface area contributed by atoms with E-state index in [0.29, 0.717) is 12.0 Å². The molecule has 0 aliphatic carbocycles. The van der Waals surface area contributed by atoms with Crippen molar-refractivity contribution in [1.82, 2.24) is 20.0 Å². The van der Waals surface area contributed by atoms with E-state index in [4.69, 9.17) is 9.73 Å². The van der Waals surface area contributed by atoms with Gasteiger partial charge in [0.2, 0.25) is 0 Å². The van der Waals surface area contributed by atoms with Gasteiger partial charge in [-0.05, 0) is 37.9 Å². The number of benzene rings is 1. The zero-order valence-electron chi connectivity index (χ0n) is 18.1. The molecule has 6 heteroatoms. The maximum absolute atomic E-state index is 6.16. The number of nitrogens with zero attached hydrogens (tertiary/aromatic N) is 4. The number of fused-ring (bicyclic) bond motifs is 1. The Bertz CT molecular complexity index is 666. The van der Waals surface area contributed by atoms with Crippen LogP contribution in [0.15, 0.2) is 35.3 Å². The zero-order valence-corrected chi connectivity index (χ0v) is 18.1. The standard InChI is InChI=1S/C23H37N5O/c1-3-24-23(25-14-20-10-11-26(4-2)15-20)28-17-21-22(18-28)29-13-12-27(21)16-19-8-6-5-7-9-19/h5-9,20-22H,3-4,10-18H2,1-2H3,(H,24,25). The molecule has 3 saturated heterocycles. The van der Waals surface area contributed by atoms with E-state index in [1.807, 2.05) is 0 Å². The number of guanidine groups is 1. The molecule has 0 radical (unpaired) electrons. The van der Waals surface area contributed by atoms with E-state index in [-0.39, 0.29) is 6.10 Å². The Labute approximate surface area is 175 Å². The first-order chi connectivity index (χ1) is 14.3. The van der Waals surface area contributed by atoms with Gasteiger partial charge >= 0.3 is 0 Å². The highest BCUT2D eigenvalue weighted by molar-refractivity contribution is 5.80. The normalized spacial score (nSPS) is 28.7. The smallest absolute Gasteiger partial charge is 0.194 e. The summed E-state index contributed by atoms with van der Waals surface area (Å²) < 4.78 is 6.16. The average molecular weight is 400 g/mol. The number of rotatable bonds is 6. The summed E-state index contributed by atoms with van der Waals surface area (Å²) in [7, 11) is 0. The molecule has 3 atom stereocenters. The third-order valence-electron chi connectivity index (χ3n) is 6.60. The first-order valence-corrected chi connectivity index (χ1v) is 11.4. The van der Waals surface area contributed by atoms with Crippen molar-refractivity contribution in [1.29, 1.82) is 0 Å². The van der Waals surface area contributed by atoms with Crippen molar-refractivity contribution in [2.75, 3.05) is 59.0 Å². The van der Waals surface area contributed by atoms with Crippen LogP contribution < -0.4 is 5.32 Å². The van der Waals surface area contributed by atoms with Gasteiger partial charge in [0.25, 0.3) is 0 Å². The number of morpholine rings is 1. The third-order valence-corrected chi connectivity index (χ3v) is 6.60. The lowest BCUT2D eigenvalue weighted by Crippen LogP contribution is -2.50. The molecule has 3 aliphatic heterocycles. The second kappa shape index (κ2) is 9.92. The lowest BCUT2D eigenvalue weighted by atomic mass is 10.1. The minimum atomic E-state index is 0.276. The van der Waals surface area contributed by atoms with Crippen molar-refractivity contribution in [3.05, 3.63) is 35.9 Å². The second-order valence-corrected chi connectivity index (χ2v) is 8.58. The first-order valence-electron chi connectivity index (χ1n) is 11.4. The molecule has 1 aromatic carbocycles. The summed E-state index contributed by atoms with van der Waals surface area (Å²) >= 11 is 0. The molecule has 4 rings (SSSR count). The first kappa shape index (κ1) is 20.6. The molecule has 0 amide bonds. The number of hydrogen-bond acceptors (Lipinski definition) is 4. The van der Waals surface area contributed by atoms with Crippen LogP contribution in [-0.2, 0) is 11.3 Å². The summed E-state index contributed by atoms with van der Waals surface area (Å²) in [5, 5.41) is 3.54. The maximum Gasteiger partial charge on any atom is 0.194 e. The summed E-state index contributed by atoms with van der Waals surface area (Å²) in [4.78, 5) is 12.6. The highest BCUT2D eigenvalue weighted by Gasteiger charge is 2.41. The third kappa shape index (κ3) is 5.11. The van der Waals surface area contributed by atoms with Crippen LogP contribution >= 0.6 is 0 Å². The van der Waals surface area contributed by atoms with E-state index in [1.165, 1.54) is 25.1 Å². The van der Waals surface area contributed by atoms with E-state index in [9.17, 15) is 0 Å². The summed E-state index contributed by atoms with van der Waals surface area (Å²) in [5.74, 6) is 1.76. The van der Waals surface area contributed by atoms with Gasteiger partial charge < -0.3 is 19.9 Å². The molecular formula is C23H37N5O. The van der Waals surface area contributed by atoms with Gasteiger partial charge in [-0.2, -0.15) is 0 Å². The van der Waals surface area contributed by atoms with E-state index >= 15 is 0 Å². The predicted octanol–water partition coefficient (Wildman–Crippen LogP) is 1.88. The summed E-state index contributed by atoms with van der Waals surface area (Å²) in [6.07, 6.45) is 1.55. The second-order valence-electron chi connectivity index (χ2n) is 8.58. The van der Waals surface area contributed by atoms with Crippen LogP contribution in [0.25, 0.3) is 0 Å². The fourth-order valence-electron chi connectivity index (χ4n) is 4.94. The van der Waals surface area contributed by atoms with Crippen LogP contribution in [0.2, 0.25) is 0 Å². The van der Waals surface area contributed by atoms with Crippen LogP contribution in [0.1, 0.15) is 25.8 Å². The molecule has 3 aliphatic rings. The fourth-order valence-corrected chi connectivity index (χ4v) is 4.94.